The third kappa shape index (κ3) is 1.73. The Balaban J connectivity index is 2.00. The van der Waals surface area contributed by atoms with Gasteiger partial charge < -0.3 is 15.7 Å². The van der Waals surface area contributed by atoms with Crippen LogP contribution in [0.2, 0.25) is 0 Å². The minimum absolute atomic E-state index is 0.112. The minimum Gasteiger partial charge on any atom is -0.481 e. The number of amides is 1. The van der Waals surface area contributed by atoms with Crippen LogP contribution in [0.3, 0.4) is 0 Å². The lowest BCUT2D eigenvalue weighted by molar-refractivity contribution is -0.142. The van der Waals surface area contributed by atoms with Gasteiger partial charge in [-0.2, -0.15) is 0 Å². The summed E-state index contributed by atoms with van der Waals surface area (Å²) in [6.45, 7) is 0. The van der Waals surface area contributed by atoms with Gasteiger partial charge in [-0.15, -0.1) is 0 Å². The standard InChI is InChI=1S/C12H14N4O3/c13-10(17)9-11(15-4-3-14-9)16-6-1-2-8(16)7(5-6)12(18)19/h3-4,6-8H,1-2,5H2,(H2,13,17)(H,18,19). The van der Waals surface area contributed by atoms with Crippen molar-refractivity contribution in [3.63, 3.8) is 0 Å². The number of carboxylic acids is 1. The molecule has 2 saturated heterocycles. The Hall–Kier alpha value is -2.18. The molecule has 3 atom stereocenters. The largest absolute Gasteiger partial charge is 0.481 e. The number of aliphatic carboxylic acids is 1. The molecule has 3 rings (SSSR count). The quantitative estimate of drug-likeness (QED) is 0.794. The minimum atomic E-state index is -0.790. The van der Waals surface area contributed by atoms with E-state index in [1.54, 1.807) is 0 Å². The van der Waals surface area contributed by atoms with Crippen LogP contribution in [0.25, 0.3) is 0 Å². The van der Waals surface area contributed by atoms with Crippen LogP contribution in [-0.2, 0) is 4.79 Å². The SMILES string of the molecule is NC(=O)c1nccnc1N1C2CCC1C(C(=O)O)C2. The summed E-state index contributed by atoms with van der Waals surface area (Å²) < 4.78 is 0. The van der Waals surface area contributed by atoms with Gasteiger partial charge in [0.15, 0.2) is 11.5 Å². The first-order chi connectivity index (χ1) is 9.09. The van der Waals surface area contributed by atoms with Crippen LogP contribution in [0.15, 0.2) is 12.4 Å². The smallest absolute Gasteiger partial charge is 0.308 e. The number of fused-ring (bicyclic) bond motifs is 2. The summed E-state index contributed by atoms with van der Waals surface area (Å²) in [5, 5.41) is 9.22. The number of nitrogens with zero attached hydrogens (tertiary/aromatic N) is 3. The monoisotopic (exact) mass is 262 g/mol. The Bertz CT molecular complexity index is 548. The summed E-state index contributed by atoms with van der Waals surface area (Å²) in [4.78, 5) is 32.7. The number of primary amides is 1. The fourth-order valence-electron chi connectivity index (χ4n) is 3.28. The molecule has 0 spiro atoms. The fraction of sp³-hybridized carbons (Fsp3) is 0.500. The molecule has 0 saturated carbocycles. The predicted molar refractivity (Wildman–Crippen MR) is 65.6 cm³/mol. The molecule has 2 aliphatic heterocycles. The maximum Gasteiger partial charge on any atom is 0.308 e. The van der Waals surface area contributed by atoms with E-state index in [1.165, 1.54) is 12.4 Å². The molecule has 0 radical (unpaired) electrons. The van der Waals surface area contributed by atoms with Gasteiger partial charge >= 0.3 is 5.97 Å². The lowest BCUT2D eigenvalue weighted by atomic mass is 9.89. The summed E-state index contributed by atoms with van der Waals surface area (Å²) >= 11 is 0. The molecule has 0 aromatic carbocycles. The Morgan fingerprint density at radius 3 is 2.68 bits per heavy atom. The number of aromatic nitrogens is 2. The molecule has 2 aliphatic rings. The zero-order valence-corrected chi connectivity index (χ0v) is 10.2. The highest BCUT2D eigenvalue weighted by molar-refractivity contribution is 5.96. The number of carbonyl (C=O) groups is 2. The van der Waals surface area contributed by atoms with Crippen molar-refractivity contribution < 1.29 is 14.7 Å². The molecule has 2 bridgehead atoms. The summed E-state index contributed by atoms with van der Waals surface area (Å²) in [5.74, 6) is -1.41. The van der Waals surface area contributed by atoms with Crippen molar-refractivity contribution in [2.24, 2.45) is 11.7 Å². The van der Waals surface area contributed by atoms with Gasteiger partial charge in [0.2, 0.25) is 0 Å². The van der Waals surface area contributed by atoms with E-state index < -0.39 is 17.8 Å². The molecule has 7 heteroatoms. The average molecular weight is 262 g/mol. The van der Waals surface area contributed by atoms with Crippen molar-refractivity contribution in [2.45, 2.75) is 31.3 Å². The van der Waals surface area contributed by atoms with Crippen molar-refractivity contribution in [1.29, 1.82) is 0 Å². The molecule has 3 unspecified atom stereocenters. The van der Waals surface area contributed by atoms with E-state index in [0.29, 0.717) is 12.2 Å². The van der Waals surface area contributed by atoms with E-state index in [0.717, 1.165) is 12.8 Å². The molecule has 3 N–H and O–H groups in total. The molecule has 0 aliphatic carbocycles. The number of rotatable bonds is 3. The summed E-state index contributed by atoms with van der Waals surface area (Å²) in [6.07, 6.45) is 5.22. The molecule has 1 aromatic rings. The van der Waals surface area contributed by atoms with Gasteiger partial charge in [0.25, 0.3) is 5.91 Å². The maximum absolute atomic E-state index is 11.4. The fourth-order valence-corrected chi connectivity index (χ4v) is 3.28. The zero-order chi connectivity index (χ0) is 13.6. The first-order valence-electron chi connectivity index (χ1n) is 6.21. The second-order valence-corrected chi connectivity index (χ2v) is 4.98. The van der Waals surface area contributed by atoms with Gasteiger partial charge in [-0.3, -0.25) is 9.59 Å². The highest BCUT2D eigenvalue weighted by Gasteiger charge is 2.50. The van der Waals surface area contributed by atoms with Gasteiger partial charge in [-0.25, -0.2) is 9.97 Å². The second kappa shape index (κ2) is 4.18. The van der Waals surface area contributed by atoms with Crippen LogP contribution in [0.4, 0.5) is 5.82 Å². The van der Waals surface area contributed by atoms with Crippen LogP contribution < -0.4 is 10.6 Å². The third-order valence-electron chi connectivity index (χ3n) is 4.01. The van der Waals surface area contributed by atoms with Crippen LogP contribution in [0, 0.1) is 5.92 Å². The van der Waals surface area contributed by atoms with Gasteiger partial charge in [-0.05, 0) is 19.3 Å². The lowest BCUT2D eigenvalue weighted by Gasteiger charge is -2.24. The predicted octanol–water partition coefficient (Wildman–Crippen LogP) is 0.0174. The molecular weight excluding hydrogens is 248 g/mol. The van der Waals surface area contributed by atoms with E-state index in [2.05, 4.69) is 9.97 Å². The molecule has 2 fully saturated rings. The Labute approximate surface area is 109 Å². The van der Waals surface area contributed by atoms with Crippen LogP contribution in [-0.4, -0.2) is 39.0 Å². The Kier molecular flexibility index (Phi) is 2.62. The lowest BCUT2D eigenvalue weighted by Crippen LogP contribution is -2.35. The van der Waals surface area contributed by atoms with E-state index in [1.807, 2.05) is 4.90 Å². The first-order valence-corrected chi connectivity index (χ1v) is 6.21. The summed E-state index contributed by atoms with van der Waals surface area (Å²) in [6, 6.07) is -0.00167. The van der Waals surface area contributed by atoms with E-state index >= 15 is 0 Å². The highest BCUT2D eigenvalue weighted by Crippen LogP contribution is 2.44. The maximum atomic E-state index is 11.4. The molecule has 1 aromatic heterocycles. The van der Waals surface area contributed by atoms with Crippen molar-refractivity contribution in [3.05, 3.63) is 18.1 Å². The Morgan fingerprint density at radius 1 is 1.32 bits per heavy atom. The molecule has 7 nitrogen and oxygen atoms in total. The van der Waals surface area contributed by atoms with Gasteiger partial charge in [0, 0.05) is 24.5 Å². The molecule has 19 heavy (non-hydrogen) atoms. The highest BCUT2D eigenvalue weighted by atomic mass is 16.4. The van der Waals surface area contributed by atoms with E-state index in [4.69, 9.17) is 5.73 Å². The first kappa shape index (κ1) is 11.9. The van der Waals surface area contributed by atoms with E-state index in [-0.39, 0.29) is 17.8 Å². The number of hydrogen-bond donors (Lipinski definition) is 2. The molecule has 1 amide bonds. The summed E-state index contributed by atoms with van der Waals surface area (Å²) in [7, 11) is 0. The number of hydrogen-bond acceptors (Lipinski definition) is 5. The number of anilines is 1. The third-order valence-corrected chi connectivity index (χ3v) is 4.01. The van der Waals surface area contributed by atoms with Crippen LogP contribution in [0.1, 0.15) is 29.8 Å². The van der Waals surface area contributed by atoms with Gasteiger partial charge in [0.1, 0.15) is 0 Å². The zero-order valence-electron chi connectivity index (χ0n) is 10.2. The van der Waals surface area contributed by atoms with Crippen LogP contribution >= 0.6 is 0 Å². The average Bonchev–Trinajstić information content (AvgIpc) is 2.95. The van der Waals surface area contributed by atoms with Crippen molar-refractivity contribution in [3.8, 4) is 0 Å². The number of carboxylic acid groups (broad SMARTS) is 1. The normalized spacial score (nSPS) is 28.6. The van der Waals surface area contributed by atoms with Gasteiger partial charge in [0.05, 0.1) is 5.92 Å². The van der Waals surface area contributed by atoms with Crippen LogP contribution in [0.5, 0.6) is 0 Å². The summed E-state index contributed by atoms with van der Waals surface area (Å²) in [5.41, 5.74) is 5.42. The van der Waals surface area contributed by atoms with Gasteiger partial charge in [-0.1, -0.05) is 0 Å². The van der Waals surface area contributed by atoms with E-state index in [9.17, 15) is 14.7 Å². The molecule has 100 valence electrons. The number of nitrogens with two attached hydrogens (primary N) is 1. The van der Waals surface area contributed by atoms with Crippen molar-refractivity contribution in [2.75, 3.05) is 4.90 Å². The second-order valence-electron chi connectivity index (χ2n) is 4.98. The molecule has 3 heterocycles. The Morgan fingerprint density at radius 2 is 2.05 bits per heavy atom. The van der Waals surface area contributed by atoms with Crippen molar-refractivity contribution in [1.82, 2.24) is 9.97 Å². The van der Waals surface area contributed by atoms with Crippen molar-refractivity contribution >= 4 is 17.7 Å². The topological polar surface area (TPSA) is 109 Å². The number of carbonyl (C=O) groups excluding carboxylic acids is 1. The molecular formula is C12H14N4O3.